The lowest BCUT2D eigenvalue weighted by Crippen LogP contribution is -2.14. The first-order chi connectivity index (χ1) is 12.6. The molecule has 4 aromatic rings. The highest BCUT2D eigenvalue weighted by atomic mass is 32.1. The number of thiazole rings is 1. The molecule has 0 saturated carbocycles. The summed E-state index contributed by atoms with van der Waals surface area (Å²) in [4.78, 5) is 19.7. The number of nitrogens with zero attached hydrogens (tertiary/aromatic N) is 1. The molecule has 0 fully saturated rings. The first-order valence-corrected chi connectivity index (χ1v) is 8.73. The van der Waals surface area contributed by atoms with Gasteiger partial charge in [-0.1, -0.05) is 0 Å². The van der Waals surface area contributed by atoms with Crippen molar-refractivity contribution in [3.63, 3.8) is 0 Å². The van der Waals surface area contributed by atoms with Gasteiger partial charge in [-0.2, -0.15) is 0 Å². The molecule has 0 atom stereocenters. The van der Waals surface area contributed by atoms with Crippen LogP contribution in [-0.4, -0.2) is 15.9 Å². The standard InChI is InChI=1S/C19H13F2N3OS/c20-13-3-1-11(2-4-13)18-19(26-10-23-18)24-17(25)7-12-9-22-16-8-14(21)5-6-15(12)16/h1-6,8-10,22H,7H2,(H,24,25). The lowest BCUT2D eigenvalue weighted by atomic mass is 10.1. The topological polar surface area (TPSA) is 57.8 Å². The molecule has 1 amide bonds. The maximum atomic E-state index is 13.3. The molecule has 0 radical (unpaired) electrons. The van der Waals surface area contributed by atoms with E-state index >= 15 is 0 Å². The van der Waals surface area contributed by atoms with Gasteiger partial charge in [0.05, 0.1) is 11.9 Å². The van der Waals surface area contributed by atoms with Crippen LogP contribution in [0.15, 0.2) is 54.2 Å². The second-order valence-corrected chi connectivity index (χ2v) is 6.62. The van der Waals surface area contributed by atoms with Crippen LogP contribution in [-0.2, 0) is 11.2 Å². The van der Waals surface area contributed by atoms with Gasteiger partial charge in [0.15, 0.2) is 0 Å². The predicted octanol–water partition coefficient (Wildman–Crippen LogP) is 4.75. The predicted molar refractivity (Wildman–Crippen MR) is 98.1 cm³/mol. The van der Waals surface area contributed by atoms with Gasteiger partial charge in [0.1, 0.15) is 22.3 Å². The van der Waals surface area contributed by atoms with Crippen molar-refractivity contribution in [2.45, 2.75) is 6.42 Å². The second kappa shape index (κ2) is 6.68. The largest absolute Gasteiger partial charge is 0.361 e. The fourth-order valence-electron chi connectivity index (χ4n) is 2.80. The fraction of sp³-hybridized carbons (Fsp3) is 0.0526. The van der Waals surface area contributed by atoms with Gasteiger partial charge in [-0.3, -0.25) is 4.79 Å². The maximum absolute atomic E-state index is 13.3. The Morgan fingerprint density at radius 2 is 1.88 bits per heavy atom. The number of halogens is 2. The molecule has 4 rings (SSSR count). The van der Waals surface area contributed by atoms with Crippen LogP contribution in [0.2, 0.25) is 0 Å². The third-order valence-electron chi connectivity index (χ3n) is 4.02. The van der Waals surface area contributed by atoms with E-state index in [9.17, 15) is 13.6 Å². The first kappa shape index (κ1) is 16.4. The Balaban J connectivity index is 1.54. The molecule has 0 unspecified atom stereocenters. The highest BCUT2D eigenvalue weighted by Crippen LogP contribution is 2.30. The minimum atomic E-state index is -0.330. The van der Waals surface area contributed by atoms with Gasteiger partial charge in [0.25, 0.3) is 0 Å². The summed E-state index contributed by atoms with van der Waals surface area (Å²) >= 11 is 1.30. The molecule has 2 heterocycles. The van der Waals surface area contributed by atoms with Crippen LogP contribution >= 0.6 is 11.3 Å². The van der Waals surface area contributed by atoms with Crippen molar-refractivity contribution in [1.82, 2.24) is 9.97 Å². The minimum Gasteiger partial charge on any atom is -0.361 e. The van der Waals surface area contributed by atoms with Crippen LogP contribution in [0.25, 0.3) is 22.2 Å². The van der Waals surface area contributed by atoms with E-state index in [0.29, 0.717) is 16.2 Å². The summed E-state index contributed by atoms with van der Waals surface area (Å²) < 4.78 is 26.4. The number of carbonyl (C=O) groups is 1. The highest BCUT2D eigenvalue weighted by Gasteiger charge is 2.14. The Bertz CT molecular complexity index is 1090. The molecule has 2 aromatic carbocycles. The van der Waals surface area contributed by atoms with Crippen LogP contribution < -0.4 is 5.32 Å². The molecular weight excluding hydrogens is 356 g/mol. The van der Waals surface area contributed by atoms with Crippen molar-refractivity contribution >= 4 is 33.1 Å². The number of H-pyrrole nitrogens is 1. The molecule has 2 aromatic heterocycles. The van der Waals surface area contributed by atoms with Crippen molar-refractivity contribution < 1.29 is 13.6 Å². The number of nitrogens with one attached hydrogen (secondary N) is 2. The van der Waals surface area contributed by atoms with Gasteiger partial charge in [-0.15, -0.1) is 11.3 Å². The van der Waals surface area contributed by atoms with Crippen molar-refractivity contribution in [3.05, 3.63) is 71.4 Å². The molecular formula is C19H13F2N3OS. The Labute approximate surface area is 151 Å². The summed E-state index contributed by atoms with van der Waals surface area (Å²) in [6.07, 6.45) is 1.85. The van der Waals surface area contributed by atoms with Gasteiger partial charge in [0, 0.05) is 22.7 Å². The quantitative estimate of drug-likeness (QED) is 0.545. The zero-order valence-electron chi connectivity index (χ0n) is 13.4. The normalized spacial score (nSPS) is 11.0. The number of benzene rings is 2. The van der Waals surface area contributed by atoms with Crippen molar-refractivity contribution in [3.8, 4) is 11.3 Å². The van der Waals surface area contributed by atoms with E-state index in [2.05, 4.69) is 15.3 Å². The average molecular weight is 369 g/mol. The Morgan fingerprint density at radius 3 is 2.69 bits per heavy atom. The third-order valence-corrected chi connectivity index (χ3v) is 4.76. The molecule has 0 saturated heterocycles. The summed E-state index contributed by atoms with van der Waals surface area (Å²) in [6, 6.07) is 10.4. The number of anilines is 1. The second-order valence-electron chi connectivity index (χ2n) is 5.77. The fourth-order valence-corrected chi connectivity index (χ4v) is 3.52. The Kier molecular flexibility index (Phi) is 4.22. The van der Waals surface area contributed by atoms with E-state index in [1.54, 1.807) is 29.9 Å². The number of fused-ring (bicyclic) bond motifs is 1. The molecule has 0 bridgehead atoms. The first-order valence-electron chi connectivity index (χ1n) is 7.85. The summed E-state index contributed by atoms with van der Waals surface area (Å²) in [5.41, 5.74) is 4.39. The molecule has 0 aliphatic heterocycles. The molecule has 7 heteroatoms. The van der Waals surface area contributed by atoms with Crippen molar-refractivity contribution in [2.24, 2.45) is 0 Å². The molecule has 26 heavy (non-hydrogen) atoms. The summed E-state index contributed by atoms with van der Waals surface area (Å²) in [5, 5.41) is 4.27. The summed E-state index contributed by atoms with van der Waals surface area (Å²) in [5.74, 6) is -0.864. The minimum absolute atomic E-state index is 0.145. The maximum Gasteiger partial charge on any atom is 0.229 e. The molecule has 0 spiro atoms. The number of amides is 1. The van der Waals surface area contributed by atoms with Crippen molar-refractivity contribution in [2.75, 3.05) is 5.32 Å². The van der Waals surface area contributed by atoms with E-state index in [1.165, 1.54) is 35.6 Å². The van der Waals surface area contributed by atoms with E-state index in [0.717, 1.165) is 16.5 Å². The number of aromatic nitrogens is 2. The van der Waals surface area contributed by atoms with Crippen LogP contribution in [0.1, 0.15) is 5.56 Å². The van der Waals surface area contributed by atoms with E-state index in [1.807, 2.05) is 0 Å². The lowest BCUT2D eigenvalue weighted by Gasteiger charge is -2.05. The molecule has 0 aliphatic rings. The third kappa shape index (κ3) is 3.21. The monoisotopic (exact) mass is 369 g/mol. The summed E-state index contributed by atoms with van der Waals surface area (Å²) in [7, 11) is 0. The highest BCUT2D eigenvalue weighted by molar-refractivity contribution is 7.14. The zero-order chi connectivity index (χ0) is 18.1. The number of hydrogen-bond donors (Lipinski definition) is 2. The van der Waals surface area contributed by atoms with Crippen LogP contribution in [0.5, 0.6) is 0 Å². The van der Waals surface area contributed by atoms with E-state index in [4.69, 9.17) is 0 Å². The van der Waals surface area contributed by atoms with Gasteiger partial charge in [-0.25, -0.2) is 13.8 Å². The van der Waals surface area contributed by atoms with Gasteiger partial charge in [0.2, 0.25) is 5.91 Å². The number of rotatable bonds is 4. The molecule has 0 aliphatic carbocycles. The summed E-state index contributed by atoms with van der Waals surface area (Å²) in [6.45, 7) is 0. The van der Waals surface area contributed by atoms with Gasteiger partial charge >= 0.3 is 0 Å². The van der Waals surface area contributed by atoms with E-state index in [-0.39, 0.29) is 24.0 Å². The smallest absolute Gasteiger partial charge is 0.229 e. The van der Waals surface area contributed by atoms with Gasteiger partial charge in [-0.05, 0) is 48.0 Å². The number of aromatic amines is 1. The SMILES string of the molecule is O=C(Cc1c[nH]c2cc(F)ccc12)Nc1scnc1-c1ccc(F)cc1. The Hall–Kier alpha value is -3.06. The average Bonchev–Trinajstić information content (AvgIpc) is 3.23. The van der Waals surface area contributed by atoms with E-state index < -0.39 is 0 Å². The van der Waals surface area contributed by atoms with Gasteiger partial charge < -0.3 is 10.3 Å². The Morgan fingerprint density at radius 1 is 1.12 bits per heavy atom. The van der Waals surface area contributed by atoms with Crippen LogP contribution in [0.4, 0.5) is 13.8 Å². The molecule has 4 nitrogen and oxygen atoms in total. The molecule has 130 valence electrons. The number of carbonyl (C=O) groups excluding carboxylic acids is 1. The number of hydrogen-bond acceptors (Lipinski definition) is 3. The van der Waals surface area contributed by atoms with Crippen LogP contribution in [0.3, 0.4) is 0 Å². The van der Waals surface area contributed by atoms with Crippen LogP contribution in [0, 0.1) is 11.6 Å². The lowest BCUT2D eigenvalue weighted by molar-refractivity contribution is -0.115. The molecule has 2 N–H and O–H groups in total. The van der Waals surface area contributed by atoms with Crippen molar-refractivity contribution in [1.29, 1.82) is 0 Å². The zero-order valence-corrected chi connectivity index (χ0v) is 14.2.